The van der Waals surface area contributed by atoms with Crippen LogP contribution in [0.25, 0.3) is 5.69 Å². The fraction of sp³-hybridized carbons (Fsp3) is 0.545. The van der Waals surface area contributed by atoms with E-state index in [0.29, 0.717) is 12.5 Å². The van der Waals surface area contributed by atoms with Crippen molar-refractivity contribution in [2.75, 3.05) is 44.6 Å². The van der Waals surface area contributed by atoms with Crippen LogP contribution in [0.1, 0.15) is 44.2 Å². The molecule has 0 spiro atoms. The highest BCUT2D eigenvalue weighted by molar-refractivity contribution is 5.91. The Hall–Kier alpha value is -2.18. The lowest BCUT2D eigenvalue weighted by Crippen LogP contribution is -2.48. The van der Waals surface area contributed by atoms with Gasteiger partial charge in [0.15, 0.2) is 0 Å². The Morgan fingerprint density at radius 2 is 1.75 bits per heavy atom. The molecular formula is C22H31N5O. The van der Waals surface area contributed by atoms with Crippen LogP contribution in [0, 0.1) is 0 Å². The molecule has 1 aromatic carbocycles. The molecule has 1 aliphatic heterocycles. The van der Waals surface area contributed by atoms with Gasteiger partial charge in [-0.15, -0.1) is 0 Å². The van der Waals surface area contributed by atoms with Crippen LogP contribution >= 0.6 is 0 Å². The standard InChI is InChI=1S/C22H31N5O/c1-2-25-12-14-26(15-13-25)17-22(28)23-21-16-20(18-8-6-7-9-18)24-27(21)19-10-4-3-5-11-19/h3-5,10-11,16,18H,2,6-9,12-15,17H2,1H3,(H,23,28). The summed E-state index contributed by atoms with van der Waals surface area (Å²) in [7, 11) is 0. The van der Waals surface area contributed by atoms with Crippen molar-refractivity contribution in [3.8, 4) is 5.69 Å². The van der Waals surface area contributed by atoms with Crippen molar-refractivity contribution in [1.29, 1.82) is 0 Å². The highest BCUT2D eigenvalue weighted by Gasteiger charge is 2.23. The van der Waals surface area contributed by atoms with Gasteiger partial charge in [-0.3, -0.25) is 9.69 Å². The van der Waals surface area contributed by atoms with Gasteiger partial charge in [-0.05, 0) is 31.5 Å². The lowest BCUT2D eigenvalue weighted by atomic mass is 10.0. The van der Waals surface area contributed by atoms with Crippen LogP contribution in [-0.2, 0) is 4.79 Å². The number of hydrogen-bond acceptors (Lipinski definition) is 4. The number of hydrogen-bond donors (Lipinski definition) is 1. The van der Waals surface area contributed by atoms with E-state index in [1.54, 1.807) is 0 Å². The molecule has 0 atom stereocenters. The number of nitrogens with one attached hydrogen (secondary N) is 1. The van der Waals surface area contributed by atoms with Gasteiger partial charge < -0.3 is 10.2 Å². The molecule has 2 aliphatic rings. The van der Waals surface area contributed by atoms with E-state index >= 15 is 0 Å². The predicted octanol–water partition coefficient (Wildman–Crippen LogP) is 3.11. The van der Waals surface area contributed by atoms with Crippen molar-refractivity contribution in [3.63, 3.8) is 0 Å². The molecule has 1 saturated carbocycles. The SMILES string of the molecule is CCN1CCN(CC(=O)Nc2cc(C3CCCC3)nn2-c2ccccc2)CC1. The third-order valence-electron chi connectivity index (χ3n) is 6.05. The molecule has 0 bridgehead atoms. The number of piperazine rings is 1. The average molecular weight is 382 g/mol. The number of carbonyl (C=O) groups is 1. The molecule has 1 aromatic heterocycles. The minimum atomic E-state index is 0.0417. The number of para-hydroxylation sites is 1. The maximum absolute atomic E-state index is 12.7. The molecule has 2 heterocycles. The van der Waals surface area contributed by atoms with Crippen LogP contribution in [-0.4, -0.2) is 64.8 Å². The molecule has 2 fully saturated rings. The Kier molecular flexibility index (Phi) is 6.07. The van der Waals surface area contributed by atoms with Gasteiger partial charge in [-0.2, -0.15) is 5.10 Å². The largest absolute Gasteiger partial charge is 0.309 e. The Morgan fingerprint density at radius 3 is 2.43 bits per heavy atom. The maximum atomic E-state index is 12.7. The molecule has 0 unspecified atom stereocenters. The van der Waals surface area contributed by atoms with Gasteiger partial charge in [0.25, 0.3) is 0 Å². The molecule has 28 heavy (non-hydrogen) atoms. The van der Waals surface area contributed by atoms with Crippen molar-refractivity contribution < 1.29 is 4.79 Å². The third kappa shape index (κ3) is 4.45. The van der Waals surface area contributed by atoms with Crippen LogP contribution in [0.4, 0.5) is 5.82 Å². The van der Waals surface area contributed by atoms with Crippen LogP contribution in [0.5, 0.6) is 0 Å². The van der Waals surface area contributed by atoms with Crippen LogP contribution in [0.15, 0.2) is 36.4 Å². The van der Waals surface area contributed by atoms with Gasteiger partial charge in [0.05, 0.1) is 17.9 Å². The van der Waals surface area contributed by atoms with E-state index in [1.807, 2.05) is 35.0 Å². The summed E-state index contributed by atoms with van der Waals surface area (Å²) in [5.41, 5.74) is 2.09. The Bertz CT molecular complexity index is 773. The topological polar surface area (TPSA) is 53.4 Å². The minimum absolute atomic E-state index is 0.0417. The molecule has 2 aromatic rings. The summed E-state index contributed by atoms with van der Waals surface area (Å²) in [6.45, 7) is 7.69. The van der Waals surface area contributed by atoms with E-state index in [0.717, 1.165) is 49.9 Å². The normalized spacial score (nSPS) is 19.2. The van der Waals surface area contributed by atoms with Gasteiger partial charge in [0.2, 0.25) is 5.91 Å². The van der Waals surface area contributed by atoms with Crippen molar-refractivity contribution in [2.45, 2.75) is 38.5 Å². The summed E-state index contributed by atoms with van der Waals surface area (Å²) in [4.78, 5) is 17.4. The molecule has 6 heteroatoms. The zero-order valence-corrected chi connectivity index (χ0v) is 16.8. The number of carbonyl (C=O) groups excluding carboxylic acids is 1. The molecule has 150 valence electrons. The highest BCUT2D eigenvalue weighted by Crippen LogP contribution is 2.35. The fourth-order valence-corrected chi connectivity index (χ4v) is 4.32. The number of likely N-dealkylation sites (N-methyl/N-ethyl adjacent to an activating group) is 1. The fourth-order valence-electron chi connectivity index (χ4n) is 4.32. The quantitative estimate of drug-likeness (QED) is 0.835. The van der Waals surface area contributed by atoms with Crippen LogP contribution in [0.3, 0.4) is 0 Å². The number of amides is 1. The molecular weight excluding hydrogens is 350 g/mol. The number of anilines is 1. The number of benzene rings is 1. The second-order valence-corrected chi connectivity index (χ2v) is 7.94. The summed E-state index contributed by atoms with van der Waals surface area (Å²) in [5, 5.41) is 8.00. The Morgan fingerprint density at radius 1 is 1.07 bits per heavy atom. The van der Waals surface area contributed by atoms with Crippen molar-refractivity contribution >= 4 is 11.7 Å². The van der Waals surface area contributed by atoms with Gasteiger partial charge in [0, 0.05) is 38.2 Å². The zero-order chi connectivity index (χ0) is 19.3. The minimum Gasteiger partial charge on any atom is -0.309 e. The molecule has 6 nitrogen and oxygen atoms in total. The van der Waals surface area contributed by atoms with E-state index in [1.165, 1.54) is 25.7 Å². The van der Waals surface area contributed by atoms with E-state index in [-0.39, 0.29) is 5.91 Å². The summed E-state index contributed by atoms with van der Waals surface area (Å²) in [6.07, 6.45) is 4.93. The van der Waals surface area contributed by atoms with Crippen molar-refractivity contribution in [1.82, 2.24) is 19.6 Å². The van der Waals surface area contributed by atoms with Crippen LogP contribution < -0.4 is 5.32 Å². The van der Waals surface area contributed by atoms with Gasteiger partial charge in [-0.1, -0.05) is 38.0 Å². The summed E-state index contributed by atoms with van der Waals surface area (Å²) >= 11 is 0. The van der Waals surface area contributed by atoms with E-state index in [4.69, 9.17) is 5.10 Å². The Balaban J connectivity index is 1.47. The zero-order valence-electron chi connectivity index (χ0n) is 16.8. The molecule has 1 aliphatic carbocycles. The summed E-state index contributed by atoms with van der Waals surface area (Å²) in [6, 6.07) is 12.2. The van der Waals surface area contributed by atoms with Crippen molar-refractivity contribution in [2.24, 2.45) is 0 Å². The highest BCUT2D eigenvalue weighted by atomic mass is 16.2. The molecule has 1 N–H and O–H groups in total. The van der Waals surface area contributed by atoms with Gasteiger partial charge >= 0.3 is 0 Å². The first-order chi connectivity index (χ1) is 13.7. The monoisotopic (exact) mass is 381 g/mol. The summed E-state index contributed by atoms with van der Waals surface area (Å²) in [5.74, 6) is 1.34. The van der Waals surface area contributed by atoms with E-state index in [9.17, 15) is 4.79 Å². The smallest absolute Gasteiger partial charge is 0.239 e. The van der Waals surface area contributed by atoms with E-state index in [2.05, 4.69) is 28.1 Å². The number of nitrogens with zero attached hydrogens (tertiary/aromatic N) is 4. The first-order valence-electron chi connectivity index (χ1n) is 10.6. The van der Waals surface area contributed by atoms with Crippen molar-refractivity contribution in [3.05, 3.63) is 42.1 Å². The number of rotatable bonds is 6. The van der Waals surface area contributed by atoms with Gasteiger partial charge in [-0.25, -0.2) is 4.68 Å². The predicted molar refractivity (Wildman–Crippen MR) is 112 cm³/mol. The molecule has 0 radical (unpaired) electrons. The lowest BCUT2D eigenvalue weighted by Gasteiger charge is -2.33. The molecule has 4 rings (SSSR count). The number of aromatic nitrogens is 2. The van der Waals surface area contributed by atoms with Crippen LogP contribution in [0.2, 0.25) is 0 Å². The lowest BCUT2D eigenvalue weighted by molar-refractivity contribution is -0.117. The maximum Gasteiger partial charge on any atom is 0.239 e. The Labute approximate surface area is 167 Å². The first kappa shape index (κ1) is 19.2. The second kappa shape index (κ2) is 8.88. The third-order valence-corrected chi connectivity index (χ3v) is 6.05. The molecule has 1 saturated heterocycles. The molecule has 1 amide bonds. The van der Waals surface area contributed by atoms with Gasteiger partial charge in [0.1, 0.15) is 5.82 Å². The first-order valence-corrected chi connectivity index (χ1v) is 10.6. The average Bonchev–Trinajstić information content (AvgIpc) is 3.39. The van der Waals surface area contributed by atoms with E-state index < -0.39 is 0 Å². The second-order valence-electron chi connectivity index (χ2n) is 7.94. The summed E-state index contributed by atoms with van der Waals surface area (Å²) < 4.78 is 1.89.